The van der Waals surface area contributed by atoms with Gasteiger partial charge in [0.05, 0.1) is 6.20 Å². The van der Waals surface area contributed by atoms with Gasteiger partial charge in [0, 0.05) is 0 Å². The lowest BCUT2D eigenvalue weighted by molar-refractivity contribution is -0.431. The molecule has 7 heteroatoms. The van der Waals surface area contributed by atoms with Crippen LogP contribution in [0.4, 0.5) is 0 Å². The van der Waals surface area contributed by atoms with Gasteiger partial charge in [-0.05, 0) is 4.92 Å². The summed E-state index contributed by atoms with van der Waals surface area (Å²) in [7, 11) is 0. The van der Waals surface area contributed by atoms with E-state index in [2.05, 4.69) is 10.6 Å². The molecule has 0 amide bonds. The van der Waals surface area contributed by atoms with Crippen LogP contribution in [0.1, 0.15) is 0 Å². The minimum absolute atomic E-state index is 0.336. The van der Waals surface area contributed by atoms with Gasteiger partial charge in [0.1, 0.15) is 0 Å². The number of nitro groups is 1. The van der Waals surface area contributed by atoms with E-state index in [-0.39, 0.29) is 5.82 Å². The minimum Gasteiger partial charge on any atom is -0.477 e. The summed E-state index contributed by atoms with van der Waals surface area (Å²) in [5, 5.41) is 22.8. The Balaban J connectivity index is 2.56. The summed E-state index contributed by atoms with van der Waals surface area (Å²) in [6, 6.07) is 0. The summed E-state index contributed by atoms with van der Waals surface area (Å²) in [6.45, 7) is 0. The van der Waals surface area contributed by atoms with Crippen molar-refractivity contribution in [1.29, 1.82) is 0 Å². The molecule has 1 heterocycles. The van der Waals surface area contributed by atoms with Crippen molar-refractivity contribution in [2.24, 2.45) is 0 Å². The molecule has 1 rings (SSSR count). The van der Waals surface area contributed by atoms with Crippen LogP contribution in [0.3, 0.4) is 0 Å². The third-order valence-electron chi connectivity index (χ3n) is 1.12. The Morgan fingerprint density at radius 3 is 2.73 bits per heavy atom. The van der Waals surface area contributed by atoms with Crippen LogP contribution in [0, 0.1) is 10.1 Å². The minimum atomic E-state index is -1.18. The molecule has 60 valence electrons. The Morgan fingerprint density at radius 2 is 2.45 bits per heavy atom. The van der Waals surface area contributed by atoms with Crippen molar-refractivity contribution >= 4 is 5.97 Å². The SMILES string of the molecule is O=C(O)C1NC=C([N+](=O)[O-])N1. The fourth-order valence-corrected chi connectivity index (χ4v) is 0.632. The number of rotatable bonds is 2. The number of carboxylic acids is 1. The Bertz CT molecular complexity index is 235. The molecule has 0 saturated carbocycles. The number of hydrogen-bond acceptors (Lipinski definition) is 5. The smallest absolute Gasteiger partial charge is 0.370 e. The van der Waals surface area contributed by atoms with Crippen LogP contribution in [0.15, 0.2) is 12.0 Å². The van der Waals surface area contributed by atoms with Crippen LogP contribution in [-0.4, -0.2) is 22.2 Å². The van der Waals surface area contributed by atoms with E-state index >= 15 is 0 Å². The van der Waals surface area contributed by atoms with E-state index < -0.39 is 17.1 Å². The van der Waals surface area contributed by atoms with E-state index in [1.807, 2.05) is 0 Å². The average molecular weight is 159 g/mol. The van der Waals surface area contributed by atoms with Gasteiger partial charge in [-0.3, -0.25) is 0 Å². The molecule has 0 aliphatic carbocycles. The number of nitrogens with one attached hydrogen (secondary N) is 2. The van der Waals surface area contributed by atoms with Crippen LogP contribution in [0.5, 0.6) is 0 Å². The Kier molecular flexibility index (Phi) is 1.63. The zero-order valence-electron chi connectivity index (χ0n) is 5.27. The second-order valence-corrected chi connectivity index (χ2v) is 1.87. The molecule has 1 atom stereocenters. The third-order valence-corrected chi connectivity index (χ3v) is 1.12. The predicted octanol–water partition coefficient (Wildman–Crippen LogP) is -1.33. The van der Waals surface area contributed by atoms with Crippen molar-refractivity contribution in [2.75, 3.05) is 0 Å². The van der Waals surface area contributed by atoms with E-state index in [1.54, 1.807) is 0 Å². The fraction of sp³-hybridized carbons (Fsp3) is 0.250. The lowest BCUT2D eigenvalue weighted by Crippen LogP contribution is -2.40. The first kappa shape index (κ1) is 7.32. The van der Waals surface area contributed by atoms with E-state index in [0.29, 0.717) is 0 Å². The van der Waals surface area contributed by atoms with E-state index in [9.17, 15) is 14.9 Å². The van der Waals surface area contributed by atoms with Gasteiger partial charge in [-0.1, -0.05) is 0 Å². The number of carboxylic acid groups (broad SMARTS) is 1. The van der Waals surface area contributed by atoms with Crippen molar-refractivity contribution in [2.45, 2.75) is 6.17 Å². The largest absolute Gasteiger partial charge is 0.477 e. The molecule has 1 aliphatic heterocycles. The molecule has 0 aromatic rings. The summed E-state index contributed by atoms with van der Waals surface area (Å²) in [4.78, 5) is 19.5. The first-order valence-corrected chi connectivity index (χ1v) is 2.71. The lowest BCUT2D eigenvalue weighted by atomic mass is 10.5. The molecule has 0 aromatic carbocycles. The maximum absolute atomic E-state index is 10.2. The van der Waals surface area contributed by atoms with Crippen LogP contribution >= 0.6 is 0 Å². The van der Waals surface area contributed by atoms with Gasteiger partial charge >= 0.3 is 11.8 Å². The molecule has 0 saturated heterocycles. The second-order valence-electron chi connectivity index (χ2n) is 1.87. The topological polar surface area (TPSA) is 104 Å². The van der Waals surface area contributed by atoms with Gasteiger partial charge in [0.2, 0.25) is 0 Å². The Labute approximate surface area is 60.8 Å². The standard InChI is InChI=1S/C4H5N3O4/c8-4(9)3-5-1-2(6-3)7(10)11/h1,3,5-6H,(H,8,9). The predicted molar refractivity (Wildman–Crippen MR) is 32.8 cm³/mol. The van der Waals surface area contributed by atoms with Crippen LogP contribution in [-0.2, 0) is 4.79 Å². The van der Waals surface area contributed by atoms with Crippen molar-refractivity contribution in [3.63, 3.8) is 0 Å². The maximum Gasteiger partial charge on any atom is 0.370 e. The van der Waals surface area contributed by atoms with Gasteiger partial charge in [0.15, 0.2) is 0 Å². The first-order valence-electron chi connectivity index (χ1n) is 2.71. The molecule has 11 heavy (non-hydrogen) atoms. The lowest BCUT2D eigenvalue weighted by Gasteiger charge is -2.00. The van der Waals surface area contributed by atoms with Crippen LogP contribution in [0.2, 0.25) is 0 Å². The molecule has 1 unspecified atom stereocenters. The highest BCUT2D eigenvalue weighted by molar-refractivity contribution is 5.73. The Morgan fingerprint density at radius 1 is 1.82 bits per heavy atom. The summed E-state index contributed by atoms with van der Waals surface area (Å²) in [5.74, 6) is -1.52. The average Bonchev–Trinajstić information content (AvgIpc) is 2.33. The number of hydrogen-bond donors (Lipinski definition) is 3. The number of carbonyl (C=O) groups is 1. The number of aliphatic carboxylic acids is 1. The number of nitrogens with zero attached hydrogens (tertiary/aromatic N) is 1. The highest BCUT2D eigenvalue weighted by Gasteiger charge is 2.29. The molecule has 0 radical (unpaired) electrons. The van der Waals surface area contributed by atoms with Crippen molar-refractivity contribution < 1.29 is 14.8 Å². The maximum atomic E-state index is 10.2. The summed E-state index contributed by atoms with van der Waals surface area (Å²) in [6.07, 6.45) is -0.0749. The normalized spacial score (nSPS) is 21.5. The highest BCUT2D eigenvalue weighted by atomic mass is 16.6. The zero-order chi connectivity index (χ0) is 8.43. The van der Waals surface area contributed by atoms with Crippen molar-refractivity contribution in [1.82, 2.24) is 10.6 Å². The van der Waals surface area contributed by atoms with Crippen LogP contribution < -0.4 is 10.6 Å². The monoisotopic (exact) mass is 159 g/mol. The van der Waals surface area contributed by atoms with Crippen molar-refractivity contribution in [3.8, 4) is 0 Å². The van der Waals surface area contributed by atoms with Gasteiger partial charge < -0.3 is 20.5 Å². The molecule has 0 spiro atoms. The van der Waals surface area contributed by atoms with Gasteiger partial charge in [-0.15, -0.1) is 0 Å². The van der Waals surface area contributed by atoms with E-state index in [0.717, 1.165) is 6.20 Å². The first-order chi connectivity index (χ1) is 5.11. The zero-order valence-corrected chi connectivity index (χ0v) is 5.27. The fourth-order valence-electron chi connectivity index (χ4n) is 0.632. The summed E-state index contributed by atoms with van der Waals surface area (Å²) >= 11 is 0. The van der Waals surface area contributed by atoms with Gasteiger partial charge in [-0.2, -0.15) is 0 Å². The molecule has 0 fully saturated rings. The third kappa shape index (κ3) is 1.37. The van der Waals surface area contributed by atoms with Crippen molar-refractivity contribution in [3.05, 3.63) is 22.1 Å². The molecule has 3 N–H and O–H groups in total. The summed E-state index contributed by atoms with van der Waals surface area (Å²) in [5.41, 5.74) is 0. The highest BCUT2D eigenvalue weighted by Crippen LogP contribution is 1.98. The second kappa shape index (κ2) is 2.45. The molecule has 0 bridgehead atoms. The molecule has 0 aromatic heterocycles. The van der Waals surface area contributed by atoms with E-state index in [4.69, 9.17) is 5.11 Å². The van der Waals surface area contributed by atoms with E-state index in [1.165, 1.54) is 0 Å². The van der Waals surface area contributed by atoms with Crippen LogP contribution in [0.25, 0.3) is 0 Å². The van der Waals surface area contributed by atoms with Gasteiger partial charge in [0.25, 0.3) is 6.17 Å². The summed E-state index contributed by atoms with van der Waals surface area (Å²) < 4.78 is 0. The quantitative estimate of drug-likeness (QED) is 0.340. The Hall–Kier alpha value is -1.79. The van der Waals surface area contributed by atoms with Gasteiger partial charge in [-0.25, -0.2) is 10.1 Å². The molecular formula is C4H5N3O4. The molecule has 1 aliphatic rings. The molecular weight excluding hydrogens is 154 g/mol. The molecule has 7 nitrogen and oxygen atoms in total.